The summed E-state index contributed by atoms with van der Waals surface area (Å²) in [4.78, 5) is 0. The van der Waals surface area contributed by atoms with Gasteiger partial charge in [-0.15, -0.1) is 11.6 Å². The number of benzene rings is 2. The van der Waals surface area contributed by atoms with Gasteiger partial charge in [0.25, 0.3) is 0 Å². The van der Waals surface area contributed by atoms with Crippen molar-refractivity contribution in [2.24, 2.45) is 0 Å². The molecule has 0 bridgehead atoms. The summed E-state index contributed by atoms with van der Waals surface area (Å²) in [6.07, 6.45) is 1.08. The van der Waals surface area contributed by atoms with Crippen molar-refractivity contribution >= 4 is 27.5 Å². The van der Waals surface area contributed by atoms with Gasteiger partial charge in [0, 0.05) is 11.8 Å². The van der Waals surface area contributed by atoms with Crippen LogP contribution in [0.4, 0.5) is 0 Å². The minimum atomic E-state index is 0.450. The van der Waals surface area contributed by atoms with Gasteiger partial charge in [0.2, 0.25) is 0 Å². The highest BCUT2D eigenvalue weighted by atomic mass is 79.9. The van der Waals surface area contributed by atoms with E-state index in [4.69, 9.17) is 21.1 Å². The van der Waals surface area contributed by atoms with Crippen molar-refractivity contribution in [1.29, 1.82) is 0 Å². The SMILES string of the molecule is COc1cc(CCl)cc(Br)c1OCC1Cc2ccccc21. The third kappa shape index (κ3) is 2.90. The third-order valence-corrected chi connectivity index (χ3v) is 4.73. The van der Waals surface area contributed by atoms with Crippen LogP contribution in [0.15, 0.2) is 40.9 Å². The largest absolute Gasteiger partial charge is 0.493 e. The van der Waals surface area contributed by atoms with E-state index in [1.54, 1.807) is 7.11 Å². The molecular weight excluding hydrogens is 352 g/mol. The first-order valence-electron chi connectivity index (χ1n) is 6.86. The Morgan fingerprint density at radius 3 is 2.81 bits per heavy atom. The zero-order valence-electron chi connectivity index (χ0n) is 11.7. The second kappa shape index (κ2) is 6.29. The predicted octanol–water partition coefficient (Wildman–Crippen LogP) is 4.92. The molecule has 2 nitrogen and oxygen atoms in total. The maximum atomic E-state index is 6.00. The molecule has 110 valence electrons. The molecule has 2 aromatic rings. The standard InChI is InChI=1S/C17H16BrClO2/c1-20-16-7-11(9-19)6-15(18)17(16)21-10-13-8-12-4-2-3-5-14(12)13/h2-7,13H,8-10H2,1H3. The highest BCUT2D eigenvalue weighted by Crippen LogP contribution is 2.40. The van der Waals surface area contributed by atoms with Crippen molar-refractivity contribution in [2.45, 2.75) is 18.2 Å². The van der Waals surface area contributed by atoms with Gasteiger partial charge in [-0.3, -0.25) is 0 Å². The molecule has 0 saturated heterocycles. The van der Waals surface area contributed by atoms with E-state index in [2.05, 4.69) is 40.2 Å². The van der Waals surface area contributed by atoms with Crippen LogP contribution < -0.4 is 9.47 Å². The number of fused-ring (bicyclic) bond motifs is 1. The molecule has 0 aromatic heterocycles. The van der Waals surface area contributed by atoms with Crippen LogP contribution in [0.5, 0.6) is 11.5 Å². The maximum Gasteiger partial charge on any atom is 0.175 e. The summed E-state index contributed by atoms with van der Waals surface area (Å²) < 4.78 is 12.3. The average molecular weight is 368 g/mol. The van der Waals surface area contributed by atoms with Crippen molar-refractivity contribution < 1.29 is 9.47 Å². The summed E-state index contributed by atoms with van der Waals surface area (Å²) in [5.74, 6) is 2.37. The van der Waals surface area contributed by atoms with E-state index in [9.17, 15) is 0 Å². The molecule has 3 rings (SSSR count). The Kier molecular flexibility index (Phi) is 4.41. The molecule has 0 amide bonds. The quantitative estimate of drug-likeness (QED) is 0.699. The fraction of sp³-hybridized carbons (Fsp3) is 0.294. The molecule has 1 atom stereocenters. The number of hydrogen-bond acceptors (Lipinski definition) is 2. The predicted molar refractivity (Wildman–Crippen MR) is 88.6 cm³/mol. The lowest BCUT2D eigenvalue weighted by molar-refractivity contribution is 0.259. The van der Waals surface area contributed by atoms with Crippen LogP contribution in [0.3, 0.4) is 0 Å². The van der Waals surface area contributed by atoms with Gasteiger partial charge in [-0.05, 0) is 51.2 Å². The Balaban J connectivity index is 1.74. The summed E-state index contributed by atoms with van der Waals surface area (Å²) in [7, 11) is 1.64. The van der Waals surface area contributed by atoms with E-state index in [0.29, 0.717) is 24.2 Å². The summed E-state index contributed by atoms with van der Waals surface area (Å²) in [5, 5.41) is 0. The summed E-state index contributed by atoms with van der Waals surface area (Å²) in [6.45, 7) is 0.659. The van der Waals surface area contributed by atoms with Crippen LogP contribution in [0.1, 0.15) is 22.6 Å². The van der Waals surface area contributed by atoms with Gasteiger partial charge in [0.05, 0.1) is 18.2 Å². The van der Waals surface area contributed by atoms with Gasteiger partial charge in [0.1, 0.15) is 0 Å². The monoisotopic (exact) mass is 366 g/mol. The fourth-order valence-electron chi connectivity index (χ4n) is 2.69. The number of alkyl halides is 1. The van der Waals surface area contributed by atoms with E-state index >= 15 is 0 Å². The number of ether oxygens (including phenoxy) is 2. The number of hydrogen-bond donors (Lipinski definition) is 0. The van der Waals surface area contributed by atoms with Gasteiger partial charge in [-0.2, -0.15) is 0 Å². The minimum Gasteiger partial charge on any atom is -0.493 e. The van der Waals surface area contributed by atoms with Gasteiger partial charge in [-0.1, -0.05) is 24.3 Å². The first-order chi connectivity index (χ1) is 10.2. The number of methoxy groups -OCH3 is 1. The molecular formula is C17H16BrClO2. The normalized spacial score (nSPS) is 16.0. The Morgan fingerprint density at radius 2 is 2.10 bits per heavy atom. The van der Waals surface area contributed by atoms with Gasteiger partial charge < -0.3 is 9.47 Å². The van der Waals surface area contributed by atoms with E-state index in [-0.39, 0.29) is 0 Å². The summed E-state index contributed by atoms with van der Waals surface area (Å²) in [6, 6.07) is 12.4. The molecule has 0 heterocycles. The van der Waals surface area contributed by atoms with Crippen molar-refractivity contribution in [3.05, 3.63) is 57.6 Å². The molecule has 4 heteroatoms. The van der Waals surface area contributed by atoms with Crippen LogP contribution in [-0.4, -0.2) is 13.7 Å². The third-order valence-electron chi connectivity index (χ3n) is 3.83. The molecule has 1 aliphatic rings. The number of rotatable bonds is 5. The summed E-state index contributed by atoms with van der Waals surface area (Å²) >= 11 is 9.42. The maximum absolute atomic E-state index is 6.00. The molecule has 0 spiro atoms. The molecule has 0 N–H and O–H groups in total. The molecule has 1 unspecified atom stereocenters. The van der Waals surface area contributed by atoms with Crippen molar-refractivity contribution in [2.75, 3.05) is 13.7 Å². The molecule has 2 aromatic carbocycles. The lowest BCUT2D eigenvalue weighted by Gasteiger charge is -2.30. The highest BCUT2D eigenvalue weighted by molar-refractivity contribution is 9.10. The van der Waals surface area contributed by atoms with Gasteiger partial charge >= 0.3 is 0 Å². The first-order valence-corrected chi connectivity index (χ1v) is 8.18. The first kappa shape index (κ1) is 14.7. The van der Waals surface area contributed by atoms with Crippen LogP contribution in [0.2, 0.25) is 0 Å². The minimum absolute atomic E-state index is 0.450. The van der Waals surface area contributed by atoms with Crippen molar-refractivity contribution in [1.82, 2.24) is 0 Å². The van der Waals surface area contributed by atoms with Crippen LogP contribution in [-0.2, 0) is 12.3 Å². The smallest absolute Gasteiger partial charge is 0.175 e. The van der Waals surface area contributed by atoms with E-state index in [1.807, 2.05) is 12.1 Å². The Bertz CT molecular complexity index is 657. The van der Waals surface area contributed by atoms with Crippen LogP contribution in [0.25, 0.3) is 0 Å². The van der Waals surface area contributed by atoms with E-state index < -0.39 is 0 Å². The lowest BCUT2D eigenvalue weighted by Crippen LogP contribution is -2.23. The van der Waals surface area contributed by atoms with Crippen molar-refractivity contribution in [3.63, 3.8) is 0 Å². The van der Waals surface area contributed by atoms with Gasteiger partial charge in [-0.25, -0.2) is 0 Å². The second-order valence-corrected chi connectivity index (χ2v) is 6.28. The Hall–Kier alpha value is -1.19. The number of halogens is 2. The Morgan fingerprint density at radius 1 is 1.29 bits per heavy atom. The average Bonchev–Trinajstić information content (AvgIpc) is 2.48. The summed E-state index contributed by atoms with van der Waals surface area (Å²) in [5.41, 5.74) is 3.82. The molecule has 1 aliphatic carbocycles. The van der Waals surface area contributed by atoms with Crippen LogP contribution >= 0.6 is 27.5 Å². The Labute approximate surface area is 138 Å². The van der Waals surface area contributed by atoms with Crippen LogP contribution in [0, 0.1) is 0 Å². The lowest BCUT2D eigenvalue weighted by atomic mass is 9.78. The molecule has 0 saturated carbocycles. The van der Waals surface area contributed by atoms with Crippen molar-refractivity contribution in [3.8, 4) is 11.5 Å². The molecule has 21 heavy (non-hydrogen) atoms. The topological polar surface area (TPSA) is 18.5 Å². The van der Waals surface area contributed by atoms with Gasteiger partial charge in [0.15, 0.2) is 11.5 Å². The molecule has 0 aliphatic heterocycles. The zero-order chi connectivity index (χ0) is 14.8. The highest BCUT2D eigenvalue weighted by Gasteiger charge is 2.26. The van der Waals surface area contributed by atoms with E-state index in [1.165, 1.54) is 11.1 Å². The fourth-order valence-corrected chi connectivity index (χ4v) is 3.44. The van der Waals surface area contributed by atoms with E-state index in [0.717, 1.165) is 22.2 Å². The zero-order valence-corrected chi connectivity index (χ0v) is 14.1. The molecule has 0 radical (unpaired) electrons. The second-order valence-electron chi connectivity index (χ2n) is 5.15. The molecule has 0 fully saturated rings.